The zero-order valence-corrected chi connectivity index (χ0v) is 14.6. The van der Waals surface area contributed by atoms with Gasteiger partial charge in [0.25, 0.3) is 0 Å². The molecule has 2 aromatic heterocycles. The van der Waals surface area contributed by atoms with Gasteiger partial charge in [-0.05, 0) is 31.4 Å². The van der Waals surface area contributed by atoms with Crippen molar-refractivity contribution in [3.63, 3.8) is 0 Å². The molecular formula is C15H15BrF3N3O3. The largest absolute Gasteiger partial charge is 0.471 e. The lowest BCUT2D eigenvalue weighted by Gasteiger charge is -2.22. The molecule has 0 spiro atoms. The van der Waals surface area contributed by atoms with Gasteiger partial charge in [0.15, 0.2) is 12.1 Å². The summed E-state index contributed by atoms with van der Waals surface area (Å²) < 4.78 is 50.6. The number of hydrogen-bond donors (Lipinski definition) is 1. The molecule has 1 unspecified atom stereocenters. The fourth-order valence-corrected chi connectivity index (χ4v) is 2.97. The Balaban J connectivity index is 1.79. The fraction of sp³-hybridized carbons (Fsp3) is 0.467. The summed E-state index contributed by atoms with van der Waals surface area (Å²) in [5, 5.41) is 1.75. The first-order valence-corrected chi connectivity index (χ1v) is 8.41. The Labute approximate surface area is 149 Å². The first kappa shape index (κ1) is 18.2. The second-order valence-electron chi connectivity index (χ2n) is 5.58. The van der Waals surface area contributed by atoms with Gasteiger partial charge in [0.2, 0.25) is 0 Å². The molecule has 1 aliphatic heterocycles. The molecule has 1 fully saturated rings. The van der Waals surface area contributed by atoms with E-state index in [1.54, 1.807) is 21.9 Å². The van der Waals surface area contributed by atoms with Crippen LogP contribution in [-0.4, -0.2) is 34.4 Å². The lowest BCUT2D eigenvalue weighted by Crippen LogP contribution is -2.30. The molecule has 0 bridgehead atoms. The van der Waals surface area contributed by atoms with Crippen molar-refractivity contribution >= 4 is 33.3 Å². The number of nitrogens with one attached hydrogen (secondary N) is 1. The third kappa shape index (κ3) is 4.50. The van der Waals surface area contributed by atoms with E-state index < -0.39 is 12.1 Å². The Bertz CT molecular complexity index is 772. The number of anilines is 1. The van der Waals surface area contributed by atoms with Crippen LogP contribution in [0.1, 0.15) is 25.0 Å². The maximum atomic E-state index is 12.4. The summed E-state index contributed by atoms with van der Waals surface area (Å²) >= 11 is 3.33. The van der Waals surface area contributed by atoms with Crippen LogP contribution >= 0.6 is 15.9 Å². The topological polar surface area (TPSA) is 64.9 Å². The standard InChI is InChI=1S/C15H15BrF3N3O3/c16-9-5-10(8-25-13-3-1-2-4-24-13)22-7-11(20-12(22)6-9)21-14(23)15(17,18)19/h5-7,13H,1-4,8H2,(H,21,23). The lowest BCUT2D eigenvalue weighted by atomic mass is 10.2. The van der Waals surface area contributed by atoms with Crippen molar-refractivity contribution in [1.82, 2.24) is 9.38 Å². The van der Waals surface area contributed by atoms with Crippen molar-refractivity contribution in [3.05, 3.63) is 28.5 Å². The average Bonchev–Trinajstić information content (AvgIpc) is 2.95. The van der Waals surface area contributed by atoms with Gasteiger partial charge in [0, 0.05) is 11.1 Å². The molecule has 3 rings (SSSR count). The molecule has 1 atom stereocenters. The minimum atomic E-state index is -4.97. The van der Waals surface area contributed by atoms with Crippen molar-refractivity contribution < 1.29 is 27.4 Å². The highest BCUT2D eigenvalue weighted by molar-refractivity contribution is 9.10. The first-order valence-electron chi connectivity index (χ1n) is 7.62. The number of hydrogen-bond acceptors (Lipinski definition) is 4. The number of carbonyl (C=O) groups is 1. The Hall–Kier alpha value is -1.65. The summed E-state index contributed by atoms with van der Waals surface area (Å²) in [6.07, 6.45) is -1.11. The van der Waals surface area contributed by atoms with Crippen molar-refractivity contribution in [2.75, 3.05) is 11.9 Å². The Kier molecular flexibility index (Phi) is 5.30. The van der Waals surface area contributed by atoms with Gasteiger partial charge in [-0.25, -0.2) is 4.98 Å². The number of carbonyl (C=O) groups excluding carboxylic acids is 1. The molecule has 0 radical (unpaired) electrons. The Morgan fingerprint density at radius 1 is 1.44 bits per heavy atom. The van der Waals surface area contributed by atoms with E-state index in [0.717, 1.165) is 19.3 Å². The summed E-state index contributed by atoms with van der Waals surface area (Å²) in [6.45, 7) is 0.848. The SMILES string of the molecule is O=C(Nc1cn2c(COC3CCCCO3)cc(Br)cc2n1)C(F)(F)F. The smallest absolute Gasteiger partial charge is 0.353 e. The van der Waals surface area contributed by atoms with Crippen molar-refractivity contribution in [2.45, 2.75) is 38.3 Å². The highest BCUT2D eigenvalue weighted by Gasteiger charge is 2.39. The van der Waals surface area contributed by atoms with Gasteiger partial charge in [-0.15, -0.1) is 0 Å². The average molecular weight is 422 g/mol. The highest BCUT2D eigenvalue weighted by Crippen LogP contribution is 2.23. The van der Waals surface area contributed by atoms with E-state index in [1.807, 2.05) is 0 Å². The summed E-state index contributed by atoms with van der Waals surface area (Å²) in [5.41, 5.74) is 1.05. The number of imidazole rings is 1. The number of aromatic nitrogens is 2. The maximum absolute atomic E-state index is 12.4. The number of pyridine rings is 1. The minimum Gasteiger partial charge on any atom is -0.353 e. The van der Waals surface area contributed by atoms with Crippen LogP contribution in [0.25, 0.3) is 5.65 Å². The van der Waals surface area contributed by atoms with Gasteiger partial charge in [-0.2, -0.15) is 13.2 Å². The normalized spacial score (nSPS) is 18.5. The molecule has 1 N–H and O–H groups in total. The number of nitrogens with zero attached hydrogens (tertiary/aromatic N) is 2. The summed E-state index contributed by atoms with van der Waals surface area (Å²) in [4.78, 5) is 15.1. The third-order valence-corrected chi connectivity index (χ3v) is 4.13. The quantitative estimate of drug-likeness (QED) is 0.818. The lowest BCUT2D eigenvalue weighted by molar-refractivity contribution is -0.169. The monoisotopic (exact) mass is 421 g/mol. The minimum absolute atomic E-state index is 0.185. The number of alkyl halides is 3. The molecule has 6 nitrogen and oxygen atoms in total. The second kappa shape index (κ2) is 7.30. The summed E-state index contributed by atoms with van der Waals surface area (Å²) in [5.74, 6) is -2.25. The predicted molar refractivity (Wildman–Crippen MR) is 86.0 cm³/mol. The molecule has 136 valence electrons. The fourth-order valence-electron chi connectivity index (χ4n) is 2.50. The van der Waals surface area contributed by atoms with Crippen molar-refractivity contribution in [1.29, 1.82) is 0 Å². The molecule has 0 aliphatic carbocycles. The molecule has 10 heteroatoms. The van der Waals surface area contributed by atoms with Gasteiger partial charge in [-0.3, -0.25) is 9.20 Å². The van der Waals surface area contributed by atoms with Gasteiger partial charge in [0.05, 0.1) is 18.5 Å². The van der Waals surface area contributed by atoms with Crippen LogP contribution in [0, 0.1) is 0 Å². The molecule has 25 heavy (non-hydrogen) atoms. The van der Waals surface area contributed by atoms with Crippen LogP contribution in [0.2, 0.25) is 0 Å². The number of amides is 1. The summed E-state index contributed by atoms with van der Waals surface area (Å²) in [6, 6.07) is 3.40. The van der Waals surface area contributed by atoms with Gasteiger partial charge in [-0.1, -0.05) is 15.9 Å². The van der Waals surface area contributed by atoms with Crippen LogP contribution in [0.5, 0.6) is 0 Å². The predicted octanol–water partition coefficient (Wildman–Crippen LogP) is 3.64. The number of ether oxygens (including phenoxy) is 2. The van der Waals surface area contributed by atoms with Crippen LogP contribution in [0.15, 0.2) is 22.8 Å². The molecule has 1 aliphatic rings. The summed E-state index contributed by atoms with van der Waals surface area (Å²) in [7, 11) is 0. The first-order chi connectivity index (χ1) is 11.8. The molecule has 3 heterocycles. The van der Waals surface area contributed by atoms with E-state index in [4.69, 9.17) is 9.47 Å². The van der Waals surface area contributed by atoms with E-state index in [9.17, 15) is 18.0 Å². The second-order valence-corrected chi connectivity index (χ2v) is 6.49. The molecule has 1 saturated heterocycles. The molecule has 0 saturated carbocycles. The van der Waals surface area contributed by atoms with E-state index in [0.29, 0.717) is 22.4 Å². The van der Waals surface area contributed by atoms with Crippen LogP contribution in [-0.2, 0) is 20.9 Å². The van der Waals surface area contributed by atoms with Crippen LogP contribution in [0.3, 0.4) is 0 Å². The van der Waals surface area contributed by atoms with Gasteiger partial charge < -0.3 is 14.8 Å². The van der Waals surface area contributed by atoms with Crippen LogP contribution < -0.4 is 5.32 Å². The molecular weight excluding hydrogens is 407 g/mol. The molecule has 1 amide bonds. The van der Waals surface area contributed by atoms with E-state index in [2.05, 4.69) is 20.9 Å². The van der Waals surface area contributed by atoms with Crippen LogP contribution in [0.4, 0.5) is 19.0 Å². The number of fused-ring (bicyclic) bond motifs is 1. The third-order valence-electron chi connectivity index (χ3n) is 3.67. The highest BCUT2D eigenvalue weighted by atomic mass is 79.9. The molecule has 2 aromatic rings. The number of halogens is 4. The van der Waals surface area contributed by atoms with Crippen molar-refractivity contribution in [3.8, 4) is 0 Å². The number of rotatable bonds is 4. The van der Waals surface area contributed by atoms with Gasteiger partial charge >= 0.3 is 12.1 Å². The van der Waals surface area contributed by atoms with E-state index in [1.165, 1.54) is 6.20 Å². The maximum Gasteiger partial charge on any atom is 0.471 e. The van der Waals surface area contributed by atoms with Crippen molar-refractivity contribution in [2.24, 2.45) is 0 Å². The Morgan fingerprint density at radius 2 is 2.24 bits per heavy atom. The Morgan fingerprint density at radius 3 is 2.92 bits per heavy atom. The van der Waals surface area contributed by atoms with E-state index in [-0.39, 0.29) is 18.7 Å². The van der Waals surface area contributed by atoms with Gasteiger partial charge in [0.1, 0.15) is 5.65 Å². The molecule has 0 aromatic carbocycles. The van der Waals surface area contributed by atoms with E-state index >= 15 is 0 Å². The zero-order chi connectivity index (χ0) is 18.0. The zero-order valence-electron chi connectivity index (χ0n) is 13.0.